The van der Waals surface area contributed by atoms with Crippen molar-refractivity contribution in [1.29, 1.82) is 0 Å². The molecule has 2 rings (SSSR count). The highest BCUT2D eigenvalue weighted by Crippen LogP contribution is 2.20. The maximum Gasteiger partial charge on any atom is 0.224 e. The van der Waals surface area contributed by atoms with E-state index in [9.17, 15) is 4.79 Å². The Morgan fingerprint density at radius 3 is 2.80 bits per heavy atom. The van der Waals surface area contributed by atoms with Gasteiger partial charge in [0.2, 0.25) is 5.91 Å². The Morgan fingerprint density at radius 1 is 1.45 bits per heavy atom. The van der Waals surface area contributed by atoms with Crippen molar-refractivity contribution in [2.75, 3.05) is 13.2 Å². The van der Waals surface area contributed by atoms with Gasteiger partial charge in [0.25, 0.3) is 0 Å². The summed E-state index contributed by atoms with van der Waals surface area (Å²) in [7, 11) is 0. The molecule has 0 bridgehead atoms. The predicted octanol–water partition coefficient (Wildman–Crippen LogP) is 2.10. The zero-order valence-electron chi connectivity index (χ0n) is 12.3. The topological polar surface area (TPSA) is 55.6 Å². The molecule has 1 aromatic carbocycles. The third-order valence-electron chi connectivity index (χ3n) is 3.88. The molecule has 2 N–H and O–H groups in total. The lowest BCUT2D eigenvalue weighted by Crippen LogP contribution is -2.51. The van der Waals surface area contributed by atoms with Crippen LogP contribution in [0, 0.1) is 0 Å². The summed E-state index contributed by atoms with van der Waals surface area (Å²) < 4.78 is 5.63. The van der Waals surface area contributed by atoms with Gasteiger partial charge >= 0.3 is 0 Å². The van der Waals surface area contributed by atoms with E-state index >= 15 is 0 Å². The van der Waals surface area contributed by atoms with Gasteiger partial charge < -0.3 is 15.4 Å². The molecule has 0 spiro atoms. The molecule has 1 heterocycles. The molecule has 0 saturated carbocycles. The number of carbonyl (C=O) groups is 1. The quantitative estimate of drug-likeness (QED) is 0.916. The number of nitrogens with zero attached hydrogens (tertiary/aromatic N) is 1. The molecule has 20 heavy (non-hydrogen) atoms. The number of amides is 1. The number of hydrogen-bond acceptors (Lipinski definition) is 3. The zero-order valence-corrected chi connectivity index (χ0v) is 12.3. The predicted molar refractivity (Wildman–Crippen MR) is 79.2 cm³/mol. The fourth-order valence-corrected chi connectivity index (χ4v) is 2.61. The Bertz CT molecular complexity index is 435. The Kier molecular flexibility index (Phi) is 5.15. The first kappa shape index (κ1) is 15.0. The van der Waals surface area contributed by atoms with Crippen LogP contribution < -0.4 is 5.73 Å². The smallest absolute Gasteiger partial charge is 0.224 e. The van der Waals surface area contributed by atoms with Crippen LogP contribution in [-0.4, -0.2) is 36.1 Å². The number of rotatable bonds is 4. The third kappa shape index (κ3) is 3.58. The minimum Gasteiger partial charge on any atom is -0.375 e. The fourth-order valence-electron chi connectivity index (χ4n) is 2.61. The molecule has 0 radical (unpaired) electrons. The van der Waals surface area contributed by atoms with E-state index < -0.39 is 0 Å². The highest BCUT2D eigenvalue weighted by molar-refractivity contribution is 5.77. The molecule has 1 aliphatic heterocycles. The molecule has 4 heteroatoms. The first-order valence-corrected chi connectivity index (χ1v) is 7.33. The Morgan fingerprint density at radius 2 is 2.15 bits per heavy atom. The third-order valence-corrected chi connectivity index (χ3v) is 3.88. The summed E-state index contributed by atoms with van der Waals surface area (Å²) in [6.45, 7) is 5.38. The molecule has 1 aromatic rings. The molecule has 110 valence electrons. The second-order valence-corrected chi connectivity index (χ2v) is 5.47. The maximum atomic E-state index is 12.5. The van der Waals surface area contributed by atoms with Gasteiger partial charge in [0.05, 0.1) is 18.8 Å². The minimum atomic E-state index is -0.237. The lowest BCUT2D eigenvalue weighted by atomic mass is 10.0. The molecule has 0 aliphatic carbocycles. The number of morpholine rings is 1. The van der Waals surface area contributed by atoms with Crippen molar-refractivity contribution in [3.63, 3.8) is 0 Å². The highest BCUT2D eigenvalue weighted by Gasteiger charge is 2.30. The van der Waals surface area contributed by atoms with Crippen molar-refractivity contribution >= 4 is 5.91 Å². The van der Waals surface area contributed by atoms with Crippen molar-refractivity contribution in [2.24, 2.45) is 5.73 Å². The number of carbonyl (C=O) groups excluding carboxylic acids is 1. The summed E-state index contributed by atoms with van der Waals surface area (Å²) in [5.41, 5.74) is 7.15. The van der Waals surface area contributed by atoms with Gasteiger partial charge in [-0.3, -0.25) is 4.79 Å². The van der Waals surface area contributed by atoms with E-state index in [1.165, 1.54) is 0 Å². The summed E-state index contributed by atoms with van der Waals surface area (Å²) in [4.78, 5) is 14.4. The number of benzene rings is 1. The molecule has 1 amide bonds. The molecule has 1 saturated heterocycles. The maximum absolute atomic E-state index is 12.5. The Balaban J connectivity index is 1.99. The van der Waals surface area contributed by atoms with E-state index in [1.54, 1.807) is 0 Å². The van der Waals surface area contributed by atoms with Crippen molar-refractivity contribution in [2.45, 2.75) is 44.9 Å². The summed E-state index contributed by atoms with van der Waals surface area (Å²) in [5.74, 6) is 0.128. The largest absolute Gasteiger partial charge is 0.375 e. The highest BCUT2D eigenvalue weighted by atomic mass is 16.5. The molecule has 3 atom stereocenters. The first-order chi connectivity index (χ1) is 9.61. The molecule has 3 unspecified atom stereocenters. The average Bonchev–Trinajstić information content (AvgIpc) is 2.48. The van der Waals surface area contributed by atoms with Gasteiger partial charge in [0.15, 0.2) is 0 Å². The average molecular weight is 276 g/mol. The Hall–Kier alpha value is -1.39. The standard InChI is InChI=1S/C16H24N2O2/c1-3-14-11-20-12(2)10-18(14)16(19)9-15(17)13-7-5-4-6-8-13/h4-8,12,14-15H,3,9-11,17H2,1-2H3. The van der Waals surface area contributed by atoms with Crippen LogP contribution in [-0.2, 0) is 9.53 Å². The van der Waals surface area contributed by atoms with Gasteiger partial charge in [0.1, 0.15) is 0 Å². The van der Waals surface area contributed by atoms with Gasteiger partial charge in [-0.05, 0) is 18.9 Å². The van der Waals surface area contributed by atoms with Crippen LogP contribution in [0.4, 0.5) is 0 Å². The van der Waals surface area contributed by atoms with Crippen molar-refractivity contribution in [1.82, 2.24) is 4.90 Å². The zero-order chi connectivity index (χ0) is 14.5. The van der Waals surface area contributed by atoms with Crippen LogP contribution >= 0.6 is 0 Å². The number of nitrogens with two attached hydrogens (primary N) is 1. The summed E-state index contributed by atoms with van der Waals surface area (Å²) in [6, 6.07) is 9.74. The van der Waals surface area contributed by atoms with Crippen molar-refractivity contribution < 1.29 is 9.53 Å². The second-order valence-electron chi connectivity index (χ2n) is 5.47. The minimum absolute atomic E-state index is 0.106. The van der Waals surface area contributed by atoms with Crippen LogP contribution in [0.25, 0.3) is 0 Å². The van der Waals surface area contributed by atoms with Crippen LogP contribution in [0.3, 0.4) is 0 Å². The molecule has 0 aromatic heterocycles. The lowest BCUT2D eigenvalue weighted by Gasteiger charge is -2.38. The van der Waals surface area contributed by atoms with Crippen LogP contribution in [0.1, 0.15) is 38.3 Å². The van der Waals surface area contributed by atoms with Crippen LogP contribution in [0.2, 0.25) is 0 Å². The molecular formula is C16H24N2O2. The van der Waals surface area contributed by atoms with E-state index in [0.717, 1.165) is 12.0 Å². The van der Waals surface area contributed by atoms with Gasteiger partial charge in [0, 0.05) is 19.0 Å². The molecular weight excluding hydrogens is 252 g/mol. The molecule has 1 aliphatic rings. The van der Waals surface area contributed by atoms with Gasteiger partial charge in [-0.1, -0.05) is 37.3 Å². The SMILES string of the molecule is CCC1COC(C)CN1C(=O)CC(N)c1ccccc1. The van der Waals surface area contributed by atoms with E-state index in [-0.39, 0.29) is 24.1 Å². The van der Waals surface area contributed by atoms with E-state index in [2.05, 4.69) is 6.92 Å². The Labute approximate surface area is 120 Å². The van der Waals surface area contributed by atoms with Gasteiger partial charge in [-0.15, -0.1) is 0 Å². The second kappa shape index (κ2) is 6.86. The summed E-state index contributed by atoms with van der Waals surface area (Å²) in [6.07, 6.45) is 1.38. The van der Waals surface area contributed by atoms with Crippen molar-refractivity contribution in [3.8, 4) is 0 Å². The van der Waals surface area contributed by atoms with Crippen LogP contribution in [0.15, 0.2) is 30.3 Å². The lowest BCUT2D eigenvalue weighted by molar-refractivity contribution is -0.144. The van der Waals surface area contributed by atoms with E-state index in [4.69, 9.17) is 10.5 Å². The van der Waals surface area contributed by atoms with Crippen LogP contribution in [0.5, 0.6) is 0 Å². The normalized spacial score (nSPS) is 24.4. The van der Waals surface area contributed by atoms with Gasteiger partial charge in [-0.25, -0.2) is 0 Å². The molecule has 4 nitrogen and oxygen atoms in total. The monoisotopic (exact) mass is 276 g/mol. The summed E-state index contributed by atoms with van der Waals surface area (Å²) in [5, 5.41) is 0. The summed E-state index contributed by atoms with van der Waals surface area (Å²) >= 11 is 0. The van der Waals surface area contributed by atoms with Crippen molar-refractivity contribution in [3.05, 3.63) is 35.9 Å². The van der Waals surface area contributed by atoms with E-state index in [0.29, 0.717) is 19.6 Å². The molecule has 1 fully saturated rings. The first-order valence-electron chi connectivity index (χ1n) is 7.33. The number of hydrogen-bond donors (Lipinski definition) is 1. The fraction of sp³-hybridized carbons (Fsp3) is 0.562. The van der Waals surface area contributed by atoms with E-state index in [1.807, 2.05) is 42.2 Å². The number of ether oxygens (including phenoxy) is 1. The van der Waals surface area contributed by atoms with Gasteiger partial charge in [-0.2, -0.15) is 0 Å².